The maximum absolute atomic E-state index is 8.64. The van der Waals surface area contributed by atoms with E-state index in [9.17, 15) is 0 Å². The van der Waals surface area contributed by atoms with Gasteiger partial charge in [0.25, 0.3) is 0 Å². The molecule has 0 aromatic heterocycles. The quantitative estimate of drug-likeness (QED) is 0.399. The average molecular weight is 284 g/mol. The summed E-state index contributed by atoms with van der Waals surface area (Å²) in [4.78, 5) is 5.58. The normalized spacial score (nSPS) is 14.9. The van der Waals surface area contributed by atoms with Gasteiger partial charge in [-0.3, -0.25) is 0 Å². The Balaban J connectivity index is 4.86. The fourth-order valence-electron chi connectivity index (χ4n) is 1.25. The summed E-state index contributed by atoms with van der Waals surface area (Å²) in [5.74, 6) is 0. The van der Waals surface area contributed by atoms with Crippen LogP contribution in [0.4, 0.5) is 0 Å². The van der Waals surface area contributed by atoms with E-state index in [0.717, 1.165) is 0 Å². The van der Waals surface area contributed by atoms with E-state index in [0.29, 0.717) is 0 Å². The van der Waals surface area contributed by atoms with E-state index in [2.05, 4.69) is 20.1 Å². The van der Waals surface area contributed by atoms with Crippen molar-refractivity contribution in [2.45, 2.75) is 64.8 Å². The summed E-state index contributed by atoms with van der Waals surface area (Å²) >= 11 is 0. The summed E-state index contributed by atoms with van der Waals surface area (Å²) in [6.07, 6.45) is 0. The third kappa shape index (κ3) is 9.47. The molecule has 0 bridgehead atoms. The van der Waals surface area contributed by atoms with E-state index >= 15 is 0 Å². The molecule has 0 spiro atoms. The van der Waals surface area contributed by atoms with E-state index in [4.69, 9.17) is 20.5 Å². The van der Waals surface area contributed by atoms with Gasteiger partial charge in [0.15, 0.2) is 0 Å². The van der Waals surface area contributed by atoms with Gasteiger partial charge >= 0.3 is 0 Å². The topological polar surface area (TPSA) is 116 Å². The third-order valence-electron chi connectivity index (χ3n) is 2.22. The van der Waals surface area contributed by atoms with Crippen LogP contribution >= 0.6 is 0 Å². The summed E-state index contributed by atoms with van der Waals surface area (Å²) in [5, 5.41) is 7.32. The molecule has 0 rings (SSSR count). The fourth-order valence-corrected chi connectivity index (χ4v) is 1.25. The molecular weight excluding hydrogens is 260 g/mol. The molecule has 114 valence electrons. The van der Waals surface area contributed by atoms with E-state index < -0.39 is 12.1 Å². The molecule has 0 heterocycles. The summed E-state index contributed by atoms with van der Waals surface area (Å²) in [5.41, 5.74) is 16.5. The van der Waals surface area contributed by atoms with Crippen LogP contribution in [0.15, 0.2) is 10.2 Å². The van der Waals surface area contributed by atoms with Crippen LogP contribution in [0.3, 0.4) is 0 Å². The minimum absolute atomic E-state index is 0.171. The minimum atomic E-state index is -0.600. The predicted molar refractivity (Wildman–Crippen MR) is 77.3 cm³/mol. The lowest BCUT2D eigenvalue weighted by Crippen LogP contribution is -2.36. The smallest absolute Gasteiger partial charge is 0.0714 e. The second-order valence-electron chi connectivity index (χ2n) is 6.39. The lowest BCUT2D eigenvalue weighted by molar-refractivity contribution is -0.0351. The molecule has 0 amide bonds. The molecule has 0 aliphatic heterocycles. The first-order valence-electron chi connectivity index (χ1n) is 6.45. The van der Waals surface area contributed by atoms with Gasteiger partial charge in [-0.15, -0.1) is 0 Å². The van der Waals surface area contributed by atoms with Crippen LogP contribution in [-0.2, 0) is 9.47 Å². The number of azide groups is 2. The zero-order valence-corrected chi connectivity index (χ0v) is 13.1. The second-order valence-corrected chi connectivity index (χ2v) is 6.39. The monoisotopic (exact) mass is 284 g/mol. The van der Waals surface area contributed by atoms with Crippen LogP contribution in [0, 0.1) is 0 Å². The number of nitrogens with zero attached hydrogens (tertiary/aromatic N) is 6. The number of hydrogen-bond acceptors (Lipinski definition) is 4. The Morgan fingerprint density at radius 3 is 1.30 bits per heavy atom. The molecule has 0 saturated heterocycles. The van der Waals surface area contributed by atoms with Crippen LogP contribution in [0.5, 0.6) is 0 Å². The molecule has 8 heteroatoms. The highest BCUT2D eigenvalue weighted by atomic mass is 16.5. The lowest BCUT2D eigenvalue weighted by atomic mass is 10.1. The van der Waals surface area contributed by atoms with Crippen molar-refractivity contribution in [2.24, 2.45) is 10.2 Å². The van der Waals surface area contributed by atoms with Gasteiger partial charge < -0.3 is 9.47 Å². The zero-order valence-electron chi connectivity index (χ0n) is 13.1. The first kappa shape index (κ1) is 18.5. The van der Waals surface area contributed by atoms with Crippen LogP contribution in [-0.4, -0.2) is 36.5 Å². The van der Waals surface area contributed by atoms with Gasteiger partial charge in [-0.1, -0.05) is 10.2 Å². The minimum Gasteiger partial charge on any atom is -0.375 e. The summed E-state index contributed by atoms with van der Waals surface area (Å²) in [6.45, 7) is 11.7. The molecule has 0 aliphatic rings. The van der Waals surface area contributed by atoms with Crippen molar-refractivity contribution < 1.29 is 9.47 Å². The third-order valence-corrected chi connectivity index (χ3v) is 2.22. The van der Waals surface area contributed by atoms with Crippen molar-refractivity contribution in [3.05, 3.63) is 20.9 Å². The molecular formula is C12H24N6O2. The van der Waals surface area contributed by atoms with Crippen molar-refractivity contribution in [1.29, 1.82) is 0 Å². The summed E-state index contributed by atoms with van der Waals surface area (Å²) < 4.78 is 11.2. The maximum Gasteiger partial charge on any atom is 0.0714 e. The Bertz CT molecular complexity index is 348. The lowest BCUT2D eigenvalue weighted by Gasteiger charge is -2.27. The molecule has 8 nitrogen and oxygen atoms in total. The average Bonchev–Trinajstić information content (AvgIpc) is 2.28. The molecule has 0 aromatic rings. The number of rotatable bonds is 7. The largest absolute Gasteiger partial charge is 0.375 e. The van der Waals surface area contributed by atoms with Gasteiger partial charge in [-0.05, 0) is 52.6 Å². The van der Waals surface area contributed by atoms with E-state index in [1.807, 2.05) is 41.5 Å². The van der Waals surface area contributed by atoms with Crippen molar-refractivity contribution in [3.8, 4) is 0 Å². The number of ether oxygens (including phenoxy) is 2. The Labute approximate surface area is 119 Å². The Morgan fingerprint density at radius 1 is 0.800 bits per heavy atom. The molecule has 0 radical (unpaired) electrons. The van der Waals surface area contributed by atoms with Crippen molar-refractivity contribution in [3.63, 3.8) is 0 Å². The first-order chi connectivity index (χ1) is 9.09. The van der Waals surface area contributed by atoms with Gasteiger partial charge in [0.1, 0.15) is 0 Å². The van der Waals surface area contributed by atoms with E-state index in [-0.39, 0.29) is 24.4 Å². The van der Waals surface area contributed by atoms with Crippen LogP contribution in [0.1, 0.15) is 41.5 Å². The van der Waals surface area contributed by atoms with Crippen molar-refractivity contribution in [2.75, 3.05) is 13.2 Å². The Morgan fingerprint density at radius 2 is 1.10 bits per heavy atom. The van der Waals surface area contributed by atoms with Gasteiger partial charge in [0.05, 0.1) is 36.5 Å². The molecule has 0 aromatic carbocycles. The molecule has 0 saturated carbocycles. The van der Waals surface area contributed by atoms with Crippen molar-refractivity contribution >= 4 is 0 Å². The molecule has 0 unspecified atom stereocenters. The van der Waals surface area contributed by atoms with Gasteiger partial charge in [0.2, 0.25) is 0 Å². The van der Waals surface area contributed by atoms with Crippen LogP contribution in [0.25, 0.3) is 20.9 Å². The molecule has 20 heavy (non-hydrogen) atoms. The molecule has 0 N–H and O–H groups in total. The fraction of sp³-hybridized carbons (Fsp3) is 1.00. The first-order valence-corrected chi connectivity index (χ1v) is 6.45. The van der Waals surface area contributed by atoms with Gasteiger partial charge in [0, 0.05) is 9.82 Å². The van der Waals surface area contributed by atoms with Gasteiger partial charge in [-0.2, -0.15) is 0 Å². The highest BCUT2D eigenvalue weighted by Crippen LogP contribution is 2.15. The number of hydrogen-bond donors (Lipinski definition) is 0. The maximum atomic E-state index is 8.64. The van der Waals surface area contributed by atoms with Crippen LogP contribution < -0.4 is 0 Å². The van der Waals surface area contributed by atoms with E-state index in [1.54, 1.807) is 0 Å². The standard InChI is InChI=1S/C12H24N6O2/c1-11(2,3)19-7-9(15-17-13)10(16-18-14)8-20-12(4,5)6/h9-10H,7-8H2,1-6H3/t9-,10-/m1/s1. The second kappa shape index (κ2) is 7.97. The highest BCUT2D eigenvalue weighted by Gasteiger charge is 2.24. The van der Waals surface area contributed by atoms with Crippen LogP contribution in [0.2, 0.25) is 0 Å². The molecule has 2 atom stereocenters. The predicted octanol–water partition coefficient (Wildman–Crippen LogP) is 3.97. The molecule has 0 aliphatic carbocycles. The van der Waals surface area contributed by atoms with Crippen molar-refractivity contribution in [1.82, 2.24) is 0 Å². The Kier molecular flexibility index (Phi) is 7.39. The Hall–Kier alpha value is -1.46. The zero-order chi connectivity index (χ0) is 15.8. The van der Waals surface area contributed by atoms with Gasteiger partial charge in [-0.25, -0.2) is 0 Å². The summed E-state index contributed by atoms with van der Waals surface area (Å²) in [7, 11) is 0. The van der Waals surface area contributed by atoms with E-state index in [1.165, 1.54) is 0 Å². The highest BCUT2D eigenvalue weighted by molar-refractivity contribution is 4.84. The molecule has 0 fully saturated rings. The summed E-state index contributed by atoms with van der Waals surface area (Å²) in [6, 6.07) is -1.20. The SMILES string of the molecule is CC(C)(C)OC[C@@H](N=[N+]=[N-])[C@@H](COC(C)(C)C)N=[N+]=[N-].